The van der Waals surface area contributed by atoms with Gasteiger partial charge in [0.2, 0.25) is 10.0 Å². The number of benzene rings is 3. The van der Waals surface area contributed by atoms with E-state index in [2.05, 4.69) is 4.72 Å². The fourth-order valence-electron chi connectivity index (χ4n) is 2.61. The lowest BCUT2D eigenvalue weighted by molar-refractivity contribution is 0.581. The Balaban J connectivity index is 1.95. The second-order valence-electron chi connectivity index (χ2n) is 5.75. The first-order valence-corrected chi connectivity index (χ1v) is 9.42. The van der Waals surface area contributed by atoms with Crippen molar-refractivity contribution in [1.82, 2.24) is 4.72 Å². The first-order chi connectivity index (χ1) is 12.9. The molecule has 3 aromatic carbocycles. The van der Waals surface area contributed by atoms with Crippen LogP contribution in [-0.4, -0.2) is 8.42 Å². The first-order valence-electron chi connectivity index (χ1n) is 7.94. The first kappa shape index (κ1) is 18.7. The number of nitrogens with zero attached hydrogens (tertiary/aromatic N) is 1. The van der Waals surface area contributed by atoms with E-state index in [1.165, 1.54) is 42.5 Å². The fraction of sp³-hybridized carbons (Fsp3) is 0.0500. The number of nitrogens with one attached hydrogen (secondary N) is 1. The molecule has 7 heteroatoms. The maximum Gasteiger partial charge on any atom is 0.240 e. The van der Waals surface area contributed by atoms with Gasteiger partial charge in [-0.2, -0.15) is 5.26 Å². The standard InChI is InChI=1S/C20H14F2N2O2S/c21-17-8-6-15(13-24-27(25,26)18-4-2-1-3-5-18)19(11-17)14-7-9-20(22)16(10-14)12-23/h1-11,24H,13H2. The third kappa shape index (κ3) is 4.19. The minimum Gasteiger partial charge on any atom is -0.207 e. The highest BCUT2D eigenvalue weighted by Crippen LogP contribution is 2.27. The minimum atomic E-state index is -3.74. The van der Waals surface area contributed by atoms with Crippen molar-refractivity contribution in [3.05, 3.63) is 89.5 Å². The number of hydrogen-bond donors (Lipinski definition) is 1. The second kappa shape index (κ2) is 7.66. The lowest BCUT2D eigenvalue weighted by atomic mass is 9.98. The summed E-state index contributed by atoms with van der Waals surface area (Å²) >= 11 is 0. The summed E-state index contributed by atoms with van der Waals surface area (Å²) in [6.07, 6.45) is 0. The summed E-state index contributed by atoms with van der Waals surface area (Å²) in [7, 11) is -3.74. The lowest BCUT2D eigenvalue weighted by Crippen LogP contribution is -2.23. The summed E-state index contributed by atoms with van der Waals surface area (Å²) in [5.41, 5.74) is 1.11. The van der Waals surface area contributed by atoms with Gasteiger partial charge in [0.25, 0.3) is 0 Å². The Bertz CT molecular complexity index is 1120. The van der Waals surface area contributed by atoms with Gasteiger partial charge >= 0.3 is 0 Å². The summed E-state index contributed by atoms with van der Waals surface area (Å²) in [6.45, 7) is -0.0912. The molecule has 0 heterocycles. The van der Waals surface area contributed by atoms with Gasteiger partial charge in [-0.05, 0) is 53.1 Å². The van der Waals surface area contributed by atoms with Crippen molar-refractivity contribution >= 4 is 10.0 Å². The van der Waals surface area contributed by atoms with E-state index in [-0.39, 0.29) is 17.0 Å². The number of sulfonamides is 1. The number of nitriles is 1. The molecule has 0 unspecified atom stereocenters. The van der Waals surface area contributed by atoms with Crippen LogP contribution in [0, 0.1) is 23.0 Å². The molecule has 0 aromatic heterocycles. The van der Waals surface area contributed by atoms with Gasteiger partial charge in [0, 0.05) is 6.54 Å². The highest BCUT2D eigenvalue weighted by Gasteiger charge is 2.15. The van der Waals surface area contributed by atoms with E-state index >= 15 is 0 Å². The summed E-state index contributed by atoms with van der Waals surface area (Å²) in [5, 5.41) is 8.99. The van der Waals surface area contributed by atoms with E-state index in [1.807, 2.05) is 0 Å². The molecular formula is C20H14F2N2O2S. The van der Waals surface area contributed by atoms with E-state index in [0.717, 1.165) is 6.07 Å². The molecule has 0 atom stereocenters. The van der Waals surface area contributed by atoms with Gasteiger partial charge in [-0.3, -0.25) is 0 Å². The highest BCUT2D eigenvalue weighted by atomic mass is 32.2. The van der Waals surface area contributed by atoms with Crippen LogP contribution in [0.25, 0.3) is 11.1 Å². The number of halogens is 2. The van der Waals surface area contributed by atoms with Crippen LogP contribution in [0.15, 0.2) is 71.6 Å². The average molecular weight is 384 g/mol. The monoisotopic (exact) mass is 384 g/mol. The van der Waals surface area contributed by atoms with Crippen LogP contribution in [0.2, 0.25) is 0 Å². The Morgan fingerprint density at radius 2 is 1.70 bits per heavy atom. The summed E-state index contributed by atoms with van der Waals surface area (Å²) in [5.74, 6) is -1.20. The van der Waals surface area contributed by atoms with E-state index in [0.29, 0.717) is 16.7 Å². The molecule has 0 radical (unpaired) electrons. The van der Waals surface area contributed by atoms with Crippen molar-refractivity contribution in [3.63, 3.8) is 0 Å². The van der Waals surface area contributed by atoms with Gasteiger partial charge in [0.15, 0.2) is 0 Å². The van der Waals surface area contributed by atoms with Gasteiger partial charge < -0.3 is 0 Å². The fourth-order valence-corrected chi connectivity index (χ4v) is 3.63. The molecule has 136 valence electrons. The van der Waals surface area contributed by atoms with Crippen molar-refractivity contribution in [3.8, 4) is 17.2 Å². The quantitative estimate of drug-likeness (QED) is 0.723. The maximum absolute atomic E-state index is 13.8. The van der Waals surface area contributed by atoms with Gasteiger partial charge in [0.05, 0.1) is 10.5 Å². The van der Waals surface area contributed by atoms with Crippen molar-refractivity contribution in [1.29, 1.82) is 5.26 Å². The molecule has 4 nitrogen and oxygen atoms in total. The molecule has 0 saturated heterocycles. The molecule has 0 aliphatic carbocycles. The smallest absolute Gasteiger partial charge is 0.207 e. The van der Waals surface area contributed by atoms with Gasteiger partial charge in [-0.1, -0.05) is 30.3 Å². The number of rotatable bonds is 5. The van der Waals surface area contributed by atoms with Crippen molar-refractivity contribution in [2.45, 2.75) is 11.4 Å². The van der Waals surface area contributed by atoms with Crippen LogP contribution in [0.3, 0.4) is 0 Å². The zero-order valence-corrected chi connectivity index (χ0v) is 14.8. The minimum absolute atomic E-state index is 0.0912. The van der Waals surface area contributed by atoms with Crippen molar-refractivity contribution in [2.24, 2.45) is 0 Å². The summed E-state index contributed by atoms with van der Waals surface area (Å²) < 4.78 is 54.6. The summed E-state index contributed by atoms with van der Waals surface area (Å²) in [6, 6.07) is 17.3. The molecule has 0 fully saturated rings. The molecule has 0 saturated carbocycles. The molecule has 3 aromatic rings. The van der Waals surface area contributed by atoms with Gasteiger partial charge in [-0.25, -0.2) is 21.9 Å². The molecule has 0 amide bonds. The van der Waals surface area contributed by atoms with E-state index in [9.17, 15) is 17.2 Å². The predicted molar refractivity (Wildman–Crippen MR) is 97.0 cm³/mol. The molecule has 0 bridgehead atoms. The average Bonchev–Trinajstić information content (AvgIpc) is 2.68. The van der Waals surface area contributed by atoms with E-state index < -0.39 is 21.7 Å². The Hall–Kier alpha value is -3.08. The topological polar surface area (TPSA) is 70.0 Å². The third-order valence-corrected chi connectivity index (χ3v) is 5.39. The van der Waals surface area contributed by atoms with E-state index in [1.54, 1.807) is 24.3 Å². The zero-order valence-electron chi connectivity index (χ0n) is 14.0. The summed E-state index contributed by atoms with van der Waals surface area (Å²) in [4.78, 5) is 0.113. The Labute approximate surface area is 155 Å². The van der Waals surface area contributed by atoms with Crippen molar-refractivity contribution < 1.29 is 17.2 Å². The maximum atomic E-state index is 13.8. The third-order valence-electron chi connectivity index (χ3n) is 3.98. The van der Waals surface area contributed by atoms with Crippen LogP contribution in [-0.2, 0) is 16.6 Å². The number of hydrogen-bond acceptors (Lipinski definition) is 3. The van der Waals surface area contributed by atoms with Crippen molar-refractivity contribution in [2.75, 3.05) is 0 Å². The molecule has 0 aliphatic heterocycles. The lowest BCUT2D eigenvalue weighted by Gasteiger charge is -2.12. The molecule has 1 N–H and O–H groups in total. The SMILES string of the molecule is N#Cc1cc(-c2cc(F)ccc2CNS(=O)(=O)c2ccccc2)ccc1F. The van der Waals surface area contributed by atoms with Gasteiger partial charge in [-0.15, -0.1) is 0 Å². The molecular weight excluding hydrogens is 370 g/mol. The van der Waals surface area contributed by atoms with E-state index in [4.69, 9.17) is 5.26 Å². The van der Waals surface area contributed by atoms with Crippen LogP contribution in [0.5, 0.6) is 0 Å². The molecule has 27 heavy (non-hydrogen) atoms. The molecule has 0 spiro atoms. The Morgan fingerprint density at radius 1 is 0.963 bits per heavy atom. The Kier molecular flexibility index (Phi) is 5.31. The van der Waals surface area contributed by atoms with Gasteiger partial charge in [0.1, 0.15) is 17.7 Å². The Morgan fingerprint density at radius 3 is 2.41 bits per heavy atom. The van der Waals surface area contributed by atoms with Crippen LogP contribution < -0.4 is 4.72 Å². The molecule has 3 rings (SSSR count). The normalized spacial score (nSPS) is 11.1. The van der Waals surface area contributed by atoms with Crippen LogP contribution in [0.1, 0.15) is 11.1 Å². The largest absolute Gasteiger partial charge is 0.240 e. The zero-order chi connectivity index (χ0) is 19.4. The highest BCUT2D eigenvalue weighted by molar-refractivity contribution is 7.89. The molecule has 0 aliphatic rings. The van der Waals surface area contributed by atoms with Crippen LogP contribution in [0.4, 0.5) is 8.78 Å². The predicted octanol–water partition coefficient (Wildman–Crippen LogP) is 3.98. The second-order valence-corrected chi connectivity index (χ2v) is 7.51. The van der Waals surface area contributed by atoms with Crippen LogP contribution >= 0.6 is 0 Å².